The summed E-state index contributed by atoms with van der Waals surface area (Å²) in [6.07, 6.45) is 2.64. The number of benzene rings is 3. The third-order valence-electron chi connectivity index (χ3n) is 5.17. The molecule has 4 aromatic rings. The summed E-state index contributed by atoms with van der Waals surface area (Å²) in [5, 5.41) is 15.8. The van der Waals surface area contributed by atoms with Gasteiger partial charge in [-0.05, 0) is 65.2 Å². The molecule has 0 fully saturated rings. The lowest BCUT2D eigenvalue weighted by Gasteiger charge is -2.12. The molecule has 0 aliphatic carbocycles. The van der Waals surface area contributed by atoms with Gasteiger partial charge < -0.3 is 15.7 Å². The first kappa shape index (κ1) is 21.3. The second-order valence-electron chi connectivity index (χ2n) is 7.43. The number of aromatic nitrogens is 1. The number of hydrogen-bond acceptors (Lipinski definition) is 4. The summed E-state index contributed by atoms with van der Waals surface area (Å²) >= 11 is 0. The third-order valence-corrected chi connectivity index (χ3v) is 5.17. The van der Waals surface area contributed by atoms with Gasteiger partial charge in [-0.15, -0.1) is 0 Å². The molecule has 1 amide bonds. The Labute approximate surface area is 187 Å². The van der Waals surface area contributed by atoms with Crippen LogP contribution in [0.2, 0.25) is 0 Å². The molecule has 3 N–H and O–H groups in total. The summed E-state index contributed by atoms with van der Waals surface area (Å²) in [5.41, 5.74) is 5.88. The SMILES string of the molecule is O=C(Nc1ccc(NCCc2ccccn2)cc1)c1ccccc1-c1cccc(CO)c1. The highest BCUT2D eigenvalue weighted by molar-refractivity contribution is 6.08. The number of anilines is 2. The molecule has 0 radical (unpaired) electrons. The zero-order valence-corrected chi connectivity index (χ0v) is 17.7. The Morgan fingerprint density at radius 3 is 2.41 bits per heavy atom. The monoisotopic (exact) mass is 423 g/mol. The average molecular weight is 424 g/mol. The second kappa shape index (κ2) is 10.4. The van der Waals surface area contributed by atoms with Gasteiger partial charge in [-0.1, -0.05) is 42.5 Å². The van der Waals surface area contributed by atoms with Gasteiger partial charge in [-0.2, -0.15) is 0 Å². The van der Waals surface area contributed by atoms with E-state index in [-0.39, 0.29) is 12.5 Å². The predicted octanol–water partition coefficient (Wildman–Crippen LogP) is 5.15. The molecular weight excluding hydrogens is 398 g/mol. The molecule has 3 aromatic carbocycles. The summed E-state index contributed by atoms with van der Waals surface area (Å²) in [6.45, 7) is 0.743. The van der Waals surface area contributed by atoms with E-state index in [1.165, 1.54) is 0 Å². The van der Waals surface area contributed by atoms with Crippen LogP contribution >= 0.6 is 0 Å². The third kappa shape index (κ3) is 5.39. The first-order valence-corrected chi connectivity index (χ1v) is 10.6. The van der Waals surface area contributed by atoms with E-state index >= 15 is 0 Å². The van der Waals surface area contributed by atoms with Gasteiger partial charge in [-0.3, -0.25) is 9.78 Å². The second-order valence-corrected chi connectivity index (χ2v) is 7.43. The average Bonchev–Trinajstić information content (AvgIpc) is 2.86. The highest BCUT2D eigenvalue weighted by atomic mass is 16.3. The topological polar surface area (TPSA) is 74.2 Å². The van der Waals surface area contributed by atoms with Crippen LogP contribution in [-0.4, -0.2) is 22.5 Å². The zero-order chi connectivity index (χ0) is 22.2. The summed E-state index contributed by atoms with van der Waals surface area (Å²) in [5.74, 6) is -0.175. The fourth-order valence-corrected chi connectivity index (χ4v) is 3.52. The minimum Gasteiger partial charge on any atom is -0.392 e. The van der Waals surface area contributed by atoms with E-state index in [0.29, 0.717) is 5.56 Å². The molecule has 5 heteroatoms. The zero-order valence-electron chi connectivity index (χ0n) is 17.7. The Morgan fingerprint density at radius 2 is 1.62 bits per heavy atom. The molecular formula is C27H25N3O2. The standard InChI is InChI=1S/C27H25N3O2/c31-19-20-6-5-7-21(18-20)25-9-1-2-10-26(25)27(32)30-24-13-11-23(12-14-24)29-17-15-22-8-3-4-16-28-22/h1-14,16,18,29,31H,15,17,19H2,(H,30,32). The lowest BCUT2D eigenvalue weighted by Crippen LogP contribution is -2.13. The van der Waals surface area contributed by atoms with Crippen LogP contribution in [0.15, 0.2) is 97.2 Å². The van der Waals surface area contributed by atoms with Gasteiger partial charge in [0.2, 0.25) is 0 Å². The first-order chi connectivity index (χ1) is 15.7. The quantitative estimate of drug-likeness (QED) is 0.367. The van der Waals surface area contributed by atoms with E-state index in [1.807, 2.05) is 91.0 Å². The Bertz CT molecular complexity index is 1170. The summed E-state index contributed by atoms with van der Waals surface area (Å²) in [7, 11) is 0. The highest BCUT2D eigenvalue weighted by Crippen LogP contribution is 2.26. The molecule has 1 heterocycles. The van der Waals surface area contributed by atoms with Crippen LogP contribution in [0.3, 0.4) is 0 Å². The van der Waals surface area contributed by atoms with E-state index in [9.17, 15) is 9.90 Å². The Balaban J connectivity index is 1.41. The van der Waals surface area contributed by atoms with E-state index in [4.69, 9.17) is 0 Å². The molecule has 4 rings (SSSR count). The number of nitrogens with zero attached hydrogens (tertiary/aromatic N) is 1. The van der Waals surface area contributed by atoms with E-state index in [2.05, 4.69) is 15.6 Å². The number of nitrogens with one attached hydrogen (secondary N) is 2. The number of pyridine rings is 1. The van der Waals surface area contributed by atoms with Crippen molar-refractivity contribution >= 4 is 17.3 Å². The molecule has 0 spiro atoms. The Kier molecular flexibility index (Phi) is 6.90. The molecule has 0 bridgehead atoms. The normalized spacial score (nSPS) is 10.5. The highest BCUT2D eigenvalue weighted by Gasteiger charge is 2.13. The maximum absolute atomic E-state index is 13.0. The fraction of sp³-hybridized carbons (Fsp3) is 0.111. The van der Waals surface area contributed by atoms with Gasteiger partial charge in [0.15, 0.2) is 0 Å². The van der Waals surface area contributed by atoms with Crippen molar-refractivity contribution in [3.05, 3.63) is 114 Å². The number of rotatable bonds is 8. The smallest absolute Gasteiger partial charge is 0.256 e. The summed E-state index contributed by atoms with van der Waals surface area (Å²) in [6, 6.07) is 28.6. The molecule has 0 saturated carbocycles. The van der Waals surface area contributed by atoms with Gasteiger partial charge >= 0.3 is 0 Å². The van der Waals surface area contributed by atoms with Crippen molar-refractivity contribution in [2.75, 3.05) is 17.2 Å². The maximum Gasteiger partial charge on any atom is 0.256 e. The van der Waals surface area contributed by atoms with Crippen molar-refractivity contribution in [3.63, 3.8) is 0 Å². The fourth-order valence-electron chi connectivity index (χ4n) is 3.52. The van der Waals surface area contributed by atoms with E-state index in [0.717, 1.165) is 46.7 Å². The van der Waals surface area contributed by atoms with Crippen molar-refractivity contribution < 1.29 is 9.90 Å². The van der Waals surface area contributed by atoms with Crippen LogP contribution in [0.5, 0.6) is 0 Å². The van der Waals surface area contributed by atoms with Crippen molar-refractivity contribution in [1.29, 1.82) is 0 Å². The first-order valence-electron chi connectivity index (χ1n) is 10.6. The molecule has 0 unspecified atom stereocenters. The molecule has 0 atom stereocenters. The molecule has 32 heavy (non-hydrogen) atoms. The molecule has 5 nitrogen and oxygen atoms in total. The number of carbonyl (C=O) groups is 1. The van der Waals surface area contributed by atoms with Gasteiger partial charge in [0.05, 0.1) is 6.61 Å². The van der Waals surface area contributed by atoms with E-state index in [1.54, 1.807) is 6.20 Å². The van der Waals surface area contributed by atoms with Crippen molar-refractivity contribution in [3.8, 4) is 11.1 Å². The summed E-state index contributed by atoms with van der Waals surface area (Å²) < 4.78 is 0. The number of aliphatic hydroxyl groups excluding tert-OH is 1. The lowest BCUT2D eigenvalue weighted by atomic mass is 9.97. The Morgan fingerprint density at radius 1 is 0.844 bits per heavy atom. The van der Waals surface area contributed by atoms with Crippen LogP contribution in [0, 0.1) is 0 Å². The van der Waals surface area contributed by atoms with Crippen LogP contribution in [-0.2, 0) is 13.0 Å². The minimum atomic E-state index is -0.175. The number of hydrogen-bond donors (Lipinski definition) is 3. The van der Waals surface area contributed by atoms with E-state index < -0.39 is 0 Å². The summed E-state index contributed by atoms with van der Waals surface area (Å²) in [4.78, 5) is 17.3. The number of aliphatic hydroxyl groups is 1. The lowest BCUT2D eigenvalue weighted by molar-refractivity contribution is 0.102. The molecule has 160 valence electrons. The molecule has 0 aliphatic rings. The van der Waals surface area contributed by atoms with Gasteiger partial charge in [0.25, 0.3) is 5.91 Å². The maximum atomic E-state index is 13.0. The van der Waals surface area contributed by atoms with Gasteiger partial charge in [0, 0.05) is 41.8 Å². The van der Waals surface area contributed by atoms with Crippen LogP contribution < -0.4 is 10.6 Å². The van der Waals surface area contributed by atoms with Gasteiger partial charge in [0.1, 0.15) is 0 Å². The molecule has 0 saturated heterocycles. The van der Waals surface area contributed by atoms with Gasteiger partial charge in [-0.25, -0.2) is 0 Å². The van der Waals surface area contributed by atoms with Crippen molar-refractivity contribution in [1.82, 2.24) is 4.98 Å². The van der Waals surface area contributed by atoms with Crippen LogP contribution in [0.1, 0.15) is 21.6 Å². The molecule has 0 aliphatic heterocycles. The Hall–Kier alpha value is -3.96. The largest absolute Gasteiger partial charge is 0.392 e. The minimum absolute atomic E-state index is 0.0373. The van der Waals surface area contributed by atoms with Crippen LogP contribution in [0.25, 0.3) is 11.1 Å². The molecule has 1 aromatic heterocycles. The number of carbonyl (C=O) groups excluding carboxylic acids is 1. The van der Waals surface area contributed by atoms with Crippen molar-refractivity contribution in [2.24, 2.45) is 0 Å². The van der Waals surface area contributed by atoms with Crippen molar-refractivity contribution in [2.45, 2.75) is 13.0 Å². The number of amides is 1. The predicted molar refractivity (Wildman–Crippen MR) is 129 cm³/mol. The van der Waals surface area contributed by atoms with Crippen LogP contribution in [0.4, 0.5) is 11.4 Å².